The fraction of sp³-hybridized carbons (Fsp3) is 0.481. The van der Waals surface area contributed by atoms with Crippen molar-refractivity contribution in [1.29, 1.82) is 0 Å². The van der Waals surface area contributed by atoms with Crippen LogP contribution in [0.3, 0.4) is 0 Å². The lowest BCUT2D eigenvalue weighted by molar-refractivity contribution is -0.0540. The van der Waals surface area contributed by atoms with Gasteiger partial charge >= 0.3 is 0 Å². The van der Waals surface area contributed by atoms with Gasteiger partial charge in [0.2, 0.25) is 11.8 Å². The summed E-state index contributed by atoms with van der Waals surface area (Å²) in [5.74, 6) is 0.123. The number of rotatable bonds is 5. The molecule has 3 aromatic rings. The van der Waals surface area contributed by atoms with Crippen molar-refractivity contribution in [2.75, 3.05) is 19.1 Å². The van der Waals surface area contributed by atoms with Crippen LogP contribution in [0.25, 0.3) is 22.5 Å². The molecule has 0 amide bonds. The Morgan fingerprint density at radius 3 is 2.61 bits per heavy atom. The van der Waals surface area contributed by atoms with E-state index in [1.807, 2.05) is 11.9 Å². The highest BCUT2D eigenvalue weighted by Gasteiger charge is 2.54. The molecule has 2 saturated carbocycles. The van der Waals surface area contributed by atoms with Crippen LogP contribution in [0.4, 0.5) is 14.6 Å². The molecule has 0 unspecified atom stereocenters. The Labute approximate surface area is 209 Å². The van der Waals surface area contributed by atoms with Gasteiger partial charge in [0.1, 0.15) is 11.9 Å². The van der Waals surface area contributed by atoms with E-state index in [0.29, 0.717) is 22.5 Å². The molecule has 2 aliphatic rings. The molecule has 36 heavy (non-hydrogen) atoms. The SMILES string of the molecule is COc1cc(-c2ccc(-c3ncc(N(C)[C@@H]4C[C@@]5(C)CCC[C@](C)(C5)[C@@H]4F)nn3)c(O)c2)cc(F)n1. The molecule has 2 heterocycles. The summed E-state index contributed by atoms with van der Waals surface area (Å²) >= 11 is 0. The van der Waals surface area contributed by atoms with Gasteiger partial charge in [-0.05, 0) is 54.4 Å². The highest BCUT2D eigenvalue weighted by Crippen LogP contribution is 2.57. The van der Waals surface area contributed by atoms with Crippen molar-refractivity contribution in [3.05, 3.63) is 42.5 Å². The second-order valence-corrected chi connectivity index (χ2v) is 10.9. The number of nitrogens with zero attached hydrogens (tertiary/aromatic N) is 5. The van der Waals surface area contributed by atoms with E-state index in [4.69, 9.17) is 4.74 Å². The van der Waals surface area contributed by atoms with Crippen LogP contribution in [0.5, 0.6) is 11.6 Å². The molecule has 0 spiro atoms. The Kier molecular flexibility index (Phi) is 6.04. The van der Waals surface area contributed by atoms with Crippen molar-refractivity contribution in [2.24, 2.45) is 10.8 Å². The molecule has 2 fully saturated rings. The number of hydrogen-bond acceptors (Lipinski definition) is 7. The van der Waals surface area contributed by atoms with Crippen molar-refractivity contribution < 1.29 is 18.6 Å². The number of fused-ring (bicyclic) bond motifs is 2. The number of methoxy groups -OCH3 is 1. The zero-order valence-electron chi connectivity index (χ0n) is 21.0. The first-order valence-electron chi connectivity index (χ1n) is 12.2. The highest BCUT2D eigenvalue weighted by atomic mass is 19.1. The van der Waals surface area contributed by atoms with E-state index in [-0.39, 0.29) is 34.3 Å². The van der Waals surface area contributed by atoms with Crippen molar-refractivity contribution in [2.45, 2.75) is 58.2 Å². The van der Waals surface area contributed by atoms with Gasteiger partial charge in [-0.3, -0.25) is 0 Å². The first kappa shape index (κ1) is 24.3. The van der Waals surface area contributed by atoms with Gasteiger partial charge in [-0.25, -0.2) is 9.37 Å². The summed E-state index contributed by atoms with van der Waals surface area (Å²) in [6, 6.07) is 7.43. The second-order valence-electron chi connectivity index (χ2n) is 10.9. The maximum absolute atomic E-state index is 15.7. The molecule has 9 heteroatoms. The number of alkyl halides is 1. The minimum absolute atomic E-state index is 0.0728. The number of halogens is 2. The van der Waals surface area contributed by atoms with Gasteiger partial charge in [0.15, 0.2) is 11.6 Å². The van der Waals surface area contributed by atoms with Gasteiger partial charge in [-0.15, -0.1) is 10.2 Å². The standard InChI is InChI=1S/C27H31F2N5O2/c1-26-8-5-9-27(2,15-26)24(29)19(13-26)34(3)22-14-30-25(33-32-22)18-7-6-16(10-20(18)35)17-11-21(28)31-23(12-17)36-4/h6-7,10-12,14,19,24,35H,5,8-9,13,15H2,1-4H3/t19-,24-,26-,27-/m1/s1. The van der Waals surface area contributed by atoms with Crippen LogP contribution in [0.15, 0.2) is 36.5 Å². The van der Waals surface area contributed by atoms with E-state index >= 15 is 4.39 Å². The van der Waals surface area contributed by atoms with Crippen LogP contribution < -0.4 is 9.64 Å². The molecule has 0 aliphatic heterocycles. The zero-order valence-corrected chi connectivity index (χ0v) is 21.0. The summed E-state index contributed by atoms with van der Waals surface area (Å²) in [6.07, 6.45) is 5.41. The predicted octanol–water partition coefficient (Wildman–Crippen LogP) is 5.59. The summed E-state index contributed by atoms with van der Waals surface area (Å²) in [5.41, 5.74) is 1.29. The smallest absolute Gasteiger partial charge is 0.216 e. The number of ether oxygens (including phenoxy) is 1. The summed E-state index contributed by atoms with van der Waals surface area (Å²) < 4.78 is 34.5. The Morgan fingerprint density at radius 1 is 1.11 bits per heavy atom. The molecule has 4 atom stereocenters. The molecular weight excluding hydrogens is 464 g/mol. The third kappa shape index (κ3) is 4.35. The Balaban J connectivity index is 1.38. The number of anilines is 1. The van der Waals surface area contributed by atoms with E-state index in [1.54, 1.807) is 24.4 Å². The van der Waals surface area contributed by atoms with Crippen LogP contribution in [0.2, 0.25) is 0 Å². The molecule has 1 aromatic carbocycles. The van der Waals surface area contributed by atoms with Crippen LogP contribution >= 0.6 is 0 Å². The van der Waals surface area contributed by atoms with Crippen molar-refractivity contribution in [1.82, 2.24) is 20.2 Å². The van der Waals surface area contributed by atoms with Gasteiger partial charge in [0.05, 0.1) is 24.9 Å². The third-order valence-corrected chi connectivity index (χ3v) is 8.02. The van der Waals surface area contributed by atoms with Gasteiger partial charge in [0.25, 0.3) is 0 Å². The molecule has 1 N–H and O–H groups in total. The average Bonchev–Trinajstić information content (AvgIpc) is 2.85. The number of aromatic hydroxyl groups is 1. The first-order valence-corrected chi connectivity index (χ1v) is 12.2. The molecule has 0 saturated heterocycles. The molecule has 5 rings (SSSR count). The molecule has 0 radical (unpaired) electrons. The molecule has 190 valence electrons. The predicted molar refractivity (Wildman–Crippen MR) is 133 cm³/mol. The number of phenolic OH excluding ortho intramolecular Hbond substituents is 1. The minimum atomic E-state index is -0.953. The second kappa shape index (κ2) is 8.94. The van der Waals surface area contributed by atoms with Gasteiger partial charge in [-0.1, -0.05) is 26.3 Å². The number of hydrogen-bond donors (Lipinski definition) is 1. The fourth-order valence-corrected chi connectivity index (χ4v) is 6.25. The Bertz CT molecular complexity index is 1270. The number of phenols is 1. The largest absolute Gasteiger partial charge is 0.507 e. The highest BCUT2D eigenvalue weighted by molar-refractivity contribution is 5.73. The van der Waals surface area contributed by atoms with E-state index in [0.717, 1.165) is 32.1 Å². The summed E-state index contributed by atoms with van der Waals surface area (Å²) in [5, 5.41) is 19.2. The number of benzene rings is 1. The molecule has 2 aliphatic carbocycles. The Hall–Kier alpha value is -3.36. The lowest BCUT2D eigenvalue weighted by Crippen LogP contribution is -2.57. The van der Waals surface area contributed by atoms with Gasteiger partial charge in [-0.2, -0.15) is 9.37 Å². The van der Waals surface area contributed by atoms with Gasteiger partial charge in [0, 0.05) is 24.6 Å². The lowest BCUT2D eigenvalue weighted by Gasteiger charge is -2.55. The molecular formula is C27H31F2N5O2. The quantitative estimate of drug-likeness (QED) is 0.462. The zero-order chi connectivity index (χ0) is 25.7. The molecule has 2 aromatic heterocycles. The van der Waals surface area contributed by atoms with Crippen LogP contribution in [0.1, 0.15) is 46.0 Å². The lowest BCUT2D eigenvalue weighted by atomic mass is 9.54. The van der Waals surface area contributed by atoms with Crippen molar-refractivity contribution >= 4 is 5.82 Å². The van der Waals surface area contributed by atoms with E-state index in [9.17, 15) is 9.50 Å². The van der Waals surface area contributed by atoms with E-state index in [2.05, 4.69) is 34.0 Å². The summed E-state index contributed by atoms with van der Waals surface area (Å²) in [4.78, 5) is 9.92. The Morgan fingerprint density at radius 2 is 1.92 bits per heavy atom. The summed E-state index contributed by atoms with van der Waals surface area (Å²) in [6.45, 7) is 4.35. The van der Waals surface area contributed by atoms with Crippen LogP contribution in [-0.4, -0.2) is 51.6 Å². The van der Waals surface area contributed by atoms with Crippen molar-refractivity contribution in [3.8, 4) is 34.1 Å². The van der Waals surface area contributed by atoms with E-state index < -0.39 is 12.1 Å². The van der Waals surface area contributed by atoms with Crippen LogP contribution in [-0.2, 0) is 0 Å². The maximum atomic E-state index is 15.7. The van der Waals surface area contributed by atoms with Crippen LogP contribution in [0, 0.1) is 16.8 Å². The maximum Gasteiger partial charge on any atom is 0.216 e. The number of pyridine rings is 1. The molecule has 7 nitrogen and oxygen atoms in total. The summed E-state index contributed by atoms with van der Waals surface area (Å²) in [7, 11) is 3.26. The first-order chi connectivity index (χ1) is 17.1. The monoisotopic (exact) mass is 495 g/mol. The normalized spacial score (nSPS) is 27.5. The van der Waals surface area contributed by atoms with Crippen molar-refractivity contribution in [3.63, 3.8) is 0 Å². The third-order valence-electron chi connectivity index (χ3n) is 8.02. The minimum Gasteiger partial charge on any atom is -0.507 e. The molecule has 2 bridgehead atoms. The fourth-order valence-electron chi connectivity index (χ4n) is 6.25. The topological polar surface area (TPSA) is 84.3 Å². The van der Waals surface area contributed by atoms with Gasteiger partial charge < -0.3 is 14.7 Å². The number of aromatic nitrogens is 4. The van der Waals surface area contributed by atoms with E-state index in [1.165, 1.54) is 19.2 Å². The average molecular weight is 496 g/mol.